The van der Waals surface area contributed by atoms with Crippen molar-refractivity contribution in [3.8, 4) is 0 Å². The third-order valence-corrected chi connectivity index (χ3v) is 10.5. The van der Waals surface area contributed by atoms with E-state index in [0.717, 1.165) is 44.5 Å². The summed E-state index contributed by atoms with van der Waals surface area (Å²) in [6.45, 7) is 10.8. The molecule has 0 aliphatic carbocycles. The molecule has 250 valence electrons. The van der Waals surface area contributed by atoms with E-state index in [1.54, 1.807) is 4.90 Å². The average Bonchev–Trinajstić information content (AvgIpc) is 3.70. The Balaban J connectivity index is 1.13. The van der Waals surface area contributed by atoms with Gasteiger partial charge in [0, 0.05) is 56.9 Å². The number of amides is 1. The molecule has 3 N–H and O–H groups in total. The number of hydrogen-bond acceptors (Lipinski definition) is 9. The highest BCUT2D eigenvalue weighted by Gasteiger charge is 2.33. The largest absolute Gasteiger partial charge is 0.436 e. The van der Waals surface area contributed by atoms with Crippen LogP contribution >= 0.6 is 0 Å². The lowest BCUT2D eigenvalue weighted by molar-refractivity contribution is 0.0622. The number of aromatic nitrogens is 3. The van der Waals surface area contributed by atoms with Gasteiger partial charge < -0.3 is 29.3 Å². The monoisotopic (exact) mass is 660 g/mol. The Bertz CT molecular complexity index is 1820. The van der Waals surface area contributed by atoms with Crippen LogP contribution in [0.3, 0.4) is 0 Å². The van der Waals surface area contributed by atoms with Crippen molar-refractivity contribution in [3.05, 3.63) is 75.7 Å². The highest BCUT2D eigenvalue weighted by atomic mass is 28.3. The van der Waals surface area contributed by atoms with Crippen molar-refractivity contribution in [2.75, 3.05) is 26.3 Å². The molecule has 1 fully saturated rings. The van der Waals surface area contributed by atoms with Crippen LogP contribution in [0.15, 0.2) is 58.4 Å². The fraction of sp³-hybridized carbons (Fsp3) is 0.471. The maximum atomic E-state index is 13.5. The number of fused-ring (bicyclic) bond motifs is 2. The van der Waals surface area contributed by atoms with Crippen molar-refractivity contribution in [3.63, 3.8) is 0 Å². The maximum absolute atomic E-state index is 13.5. The molecule has 0 saturated carbocycles. The highest BCUT2D eigenvalue weighted by molar-refractivity contribution is 6.76. The number of aliphatic hydroxyl groups excluding tert-OH is 1. The predicted molar refractivity (Wildman–Crippen MR) is 183 cm³/mol. The van der Waals surface area contributed by atoms with Crippen molar-refractivity contribution < 1.29 is 24.2 Å². The number of aromatic amines is 1. The minimum absolute atomic E-state index is 0.0432. The molecule has 12 nitrogen and oxygen atoms in total. The molecule has 1 saturated heterocycles. The molecule has 4 aromatic rings. The Kier molecular flexibility index (Phi) is 9.78. The van der Waals surface area contributed by atoms with Gasteiger partial charge >= 0.3 is 6.09 Å². The summed E-state index contributed by atoms with van der Waals surface area (Å²) < 4.78 is 13.8. The van der Waals surface area contributed by atoms with E-state index in [2.05, 4.69) is 35.1 Å². The van der Waals surface area contributed by atoms with Gasteiger partial charge in [0.2, 0.25) is 0 Å². The van der Waals surface area contributed by atoms with Gasteiger partial charge in [-0.3, -0.25) is 4.79 Å². The SMILES string of the molecule is Cc1cc(CC(OC(=O)N2CCC(c3cc4ccccc4[nH]c3=O)CC2)C2=N[C@@H](CO)NO2)cc2cn(COCC[Si](C)(C)C)nc12. The summed E-state index contributed by atoms with van der Waals surface area (Å²) in [6, 6.07) is 14.9. The van der Waals surface area contributed by atoms with E-state index in [0.29, 0.717) is 45.7 Å². The lowest BCUT2D eigenvalue weighted by Gasteiger charge is -2.32. The number of pyridine rings is 1. The number of hydrogen-bond donors (Lipinski definition) is 3. The Labute approximate surface area is 274 Å². The van der Waals surface area contributed by atoms with Crippen molar-refractivity contribution in [2.24, 2.45) is 4.99 Å². The molecule has 2 aliphatic rings. The molecule has 2 atom stereocenters. The fourth-order valence-electron chi connectivity index (χ4n) is 6.15. The summed E-state index contributed by atoms with van der Waals surface area (Å²) in [5.74, 6) is 0.251. The van der Waals surface area contributed by atoms with Gasteiger partial charge in [0.25, 0.3) is 11.5 Å². The lowest BCUT2D eigenvalue weighted by atomic mass is 9.89. The number of nitrogens with zero attached hydrogens (tertiary/aromatic N) is 4. The standard InChI is InChI=1S/C34H44N6O6Si/c1-22-15-23(16-26-19-40(37-31(22)26)21-44-13-14-47(2,3)4)17-29(33-36-30(20-41)38-46-33)45-34(43)39-11-9-24(10-12-39)27-18-25-7-5-6-8-28(25)35-32(27)42/h5-8,15-16,18-19,24,29-30,38,41H,9-14,17,20-21H2,1-4H3,(H,35,42)/t29?,30-/m1/s1. The van der Waals surface area contributed by atoms with E-state index in [-0.39, 0.29) is 24.0 Å². The zero-order valence-electron chi connectivity index (χ0n) is 27.5. The first-order valence-corrected chi connectivity index (χ1v) is 20.0. The van der Waals surface area contributed by atoms with Crippen molar-refractivity contribution in [2.45, 2.75) is 76.8 Å². The number of likely N-dealkylation sites (tertiary alicyclic amines) is 1. The first-order chi connectivity index (χ1) is 22.6. The number of piperidine rings is 1. The van der Waals surface area contributed by atoms with Crippen LogP contribution in [0.2, 0.25) is 25.7 Å². The lowest BCUT2D eigenvalue weighted by Crippen LogP contribution is -2.42. The van der Waals surface area contributed by atoms with Gasteiger partial charge in [-0.2, -0.15) is 5.10 Å². The third kappa shape index (κ3) is 7.92. The van der Waals surface area contributed by atoms with E-state index in [1.165, 1.54) is 0 Å². The van der Waals surface area contributed by atoms with E-state index < -0.39 is 26.4 Å². The Morgan fingerprint density at radius 1 is 1.15 bits per heavy atom. The van der Waals surface area contributed by atoms with E-state index >= 15 is 0 Å². The second-order valence-corrected chi connectivity index (χ2v) is 19.4. The molecule has 0 spiro atoms. The molecular weight excluding hydrogens is 616 g/mol. The van der Waals surface area contributed by atoms with Crippen LogP contribution in [0, 0.1) is 6.92 Å². The van der Waals surface area contributed by atoms with E-state index in [4.69, 9.17) is 19.4 Å². The molecule has 0 radical (unpaired) electrons. The van der Waals surface area contributed by atoms with Gasteiger partial charge in [0.1, 0.15) is 6.73 Å². The Hall–Kier alpha value is -4.04. The highest BCUT2D eigenvalue weighted by Crippen LogP contribution is 2.28. The average molecular weight is 661 g/mol. The number of hydroxylamine groups is 1. The van der Waals surface area contributed by atoms with Gasteiger partial charge in [0.15, 0.2) is 12.3 Å². The summed E-state index contributed by atoms with van der Waals surface area (Å²) in [5.41, 5.74) is 6.97. The van der Waals surface area contributed by atoms with Gasteiger partial charge in [-0.05, 0) is 66.4 Å². The number of rotatable bonds is 11. The summed E-state index contributed by atoms with van der Waals surface area (Å²) in [7, 11) is -1.17. The van der Waals surface area contributed by atoms with Crippen molar-refractivity contribution in [1.82, 2.24) is 25.1 Å². The third-order valence-electron chi connectivity index (χ3n) is 8.80. The summed E-state index contributed by atoms with van der Waals surface area (Å²) >= 11 is 0. The second-order valence-electron chi connectivity index (χ2n) is 13.7. The first kappa shape index (κ1) is 32.9. The molecular formula is C34H44N6O6Si. The van der Waals surface area contributed by atoms with Crippen molar-refractivity contribution in [1.29, 1.82) is 0 Å². The molecule has 6 rings (SSSR count). The number of para-hydroxylation sites is 1. The number of aliphatic hydroxyl groups is 1. The van der Waals surface area contributed by atoms with Crippen molar-refractivity contribution >= 4 is 41.9 Å². The van der Waals surface area contributed by atoms with Gasteiger partial charge in [-0.1, -0.05) is 43.9 Å². The number of H-pyrrole nitrogens is 1. The van der Waals surface area contributed by atoms with E-state index in [9.17, 15) is 14.7 Å². The van der Waals surface area contributed by atoms with Crippen LogP contribution < -0.4 is 11.0 Å². The fourth-order valence-corrected chi connectivity index (χ4v) is 6.91. The summed E-state index contributed by atoms with van der Waals surface area (Å²) in [6.07, 6.45) is 1.67. The molecule has 2 aromatic carbocycles. The minimum atomic E-state index is -1.17. The van der Waals surface area contributed by atoms with Gasteiger partial charge in [-0.25, -0.2) is 14.5 Å². The topological polar surface area (TPSA) is 143 Å². The summed E-state index contributed by atoms with van der Waals surface area (Å²) in [4.78, 5) is 41.0. The second kappa shape index (κ2) is 14.0. The number of aliphatic imine (C=N–C) groups is 1. The quantitative estimate of drug-likeness (QED) is 0.156. The van der Waals surface area contributed by atoms with Crippen LogP contribution in [0.1, 0.15) is 35.4 Å². The molecule has 4 heterocycles. The van der Waals surface area contributed by atoms with E-state index in [1.807, 2.05) is 60.3 Å². The van der Waals surface area contributed by atoms with Gasteiger partial charge in [-0.15, -0.1) is 5.48 Å². The zero-order valence-corrected chi connectivity index (χ0v) is 28.5. The number of nitrogens with one attached hydrogen (secondary N) is 2. The number of ether oxygens (including phenoxy) is 2. The predicted octanol–water partition coefficient (Wildman–Crippen LogP) is 4.68. The summed E-state index contributed by atoms with van der Waals surface area (Å²) in [5, 5.41) is 16.3. The zero-order chi connectivity index (χ0) is 33.1. The molecule has 1 unspecified atom stereocenters. The molecule has 1 amide bonds. The van der Waals surface area contributed by atoms with Gasteiger partial charge in [0.05, 0.1) is 12.1 Å². The number of benzene rings is 2. The molecule has 2 aliphatic heterocycles. The Morgan fingerprint density at radius 3 is 2.68 bits per heavy atom. The van der Waals surface area contributed by atoms with Crippen LogP contribution in [-0.4, -0.2) is 83.4 Å². The molecule has 0 bridgehead atoms. The molecule has 47 heavy (non-hydrogen) atoms. The number of aryl methyl sites for hydroxylation is 1. The molecule has 13 heteroatoms. The maximum Gasteiger partial charge on any atom is 0.410 e. The van der Waals surface area contributed by atoms with Crippen LogP contribution in [-0.2, 0) is 27.5 Å². The smallest absolute Gasteiger partial charge is 0.410 e. The van der Waals surface area contributed by atoms with Crippen LogP contribution in [0.25, 0.3) is 21.8 Å². The number of carbonyl (C=O) groups excluding carboxylic acids is 1. The normalized spacial score (nSPS) is 18.0. The Morgan fingerprint density at radius 2 is 1.94 bits per heavy atom. The minimum Gasteiger partial charge on any atom is -0.436 e. The number of carbonyl (C=O) groups is 1. The van der Waals surface area contributed by atoms with Crippen LogP contribution in [0.5, 0.6) is 0 Å². The molecule has 2 aromatic heterocycles. The van der Waals surface area contributed by atoms with Crippen LogP contribution in [0.4, 0.5) is 4.79 Å². The first-order valence-electron chi connectivity index (χ1n) is 16.3.